The predicted molar refractivity (Wildman–Crippen MR) is 102 cm³/mol. The Balaban J connectivity index is 1.84. The van der Waals surface area contributed by atoms with Gasteiger partial charge in [0.15, 0.2) is 11.6 Å². The lowest BCUT2D eigenvalue weighted by Gasteiger charge is -2.16. The Labute approximate surface area is 158 Å². The molecule has 0 saturated heterocycles. The summed E-state index contributed by atoms with van der Waals surface area (Å²) in [7, 11) is 3.11. The molecule has 0 unspecified atom stereocenters. The third-order valence-corrected chi connectivity index (χ3v) is 4.10. The van der Waals surface area contributed by atoms with Gasteiger partial charge in [0.05, 0.1) is 13.7 Å². The van der Waals surface area contributed by atoms with Crippen molar-refractivity contribution < 1.29 is 18.7 Å². The van der Waals surface area contributed by atoms with Gasteiger partial charge in [-0.05, 0) is 61.9 Å². The third kappa shape index (κ3) is 6.07. The van der Waals surface area contributed by atoms with E-state index in [2.05, 4.69) is 10.6 Å². The lowest BCUT2D eigenvalue weighted by atomic mass is 10.1. The topological polar surface area (TPSA) is 70.7 Å². The van der Waals surface area contributed by atoms with Gasteiger partial charge in [0.2, 0.25) is 5.91 Å². The van der Waals surface area contributed by atoms with Crippen molar-refractivity contribution in [2.75, 3.05) is 26.0 Å². The first-order valence-electron chi connectivity index (χ1n) is 8.47. The van der Waals surface area contributed by atoms with Gasteiger partial charge >= 0.3 is 6.03 Å². The van der Waals surface area contributed by atoms with Crippen LogP contribution in [0.2, 0.25) is 0 Å². The highest BCUT2D eigenvalue weighted by atomic mass is 19.1. The number of rotatable bonds is 6. The lowest BCUT2D eigenvalue weighted by Crippen LogP contribution is -2.40. The number of hydrogen-bond donors (Lipinski definition) is 2. The molecule has 27 heavy (non-hydrogen) atoms. The summed E-state index contributed by atoms with van der Waals surface area (Å²) < 4.78 is 18.6. The SMILES string of the molecule is COc1ccc(CN(C)CC(=O)NC(=O)Nc2ccc(C)c(C)c2)cc1F. The average molecular weight is 373 g/mol. The van der Waals surface area contributed by atoms with Crippen molar-refractivity contribution in [2.45, 2.75) is 20.4 Å². The van der Waals surface area contributed by atoms with Gasteiger partial charge in [0.25, 0.3) is 0 Å². The molecule has 144 valence electrons. The number of halogens is 1. The number of hydrogen-bond acceptors (Lipinski definition) is 4. The maximum absolute atomic E-state index is 13.7. The van der Waals surface area contributed by atoms with E-state index in [4.69, 9.17) is 4.74 Å². The van der Waals surface area contributed by atoms with E-state index in [1.54, 1.807) is 24.1 Å². The van der Waals surface area contributed by atoms with Gasteiger partial charge in [-0.2, -0.15) is 0 Å². The summed E-state index contributed by atoms with van der Waals surface area (Å²) in [4.78, 5) is 25.7. The first kappa shape index (κ1) is 20.4. The van der Waals surface area contributed by atoms with Gasteiger partial charge in [0, 0.05) is 12.2 Å². The van der Waals surface area contributed by atoms with E-state index in [1.165, 1.54) is 19.2 Å². The molecule has 2 aromatic rings. The van der Waals surface area contributed by atoms with Crippen LogP contribution in [0.5, 0.6) is 5.75 Å². The molecule has 0 radical (unpaired) electrons. The Kier molecular flexibility index (Phi) is 6.90. The van der Waals surface area contributed by atoms with Gasteiger partial charge in [-0.15, -0.1) is 0 Å². The van der Waals surface area contributed by atoms with Crippen molar-refractivity contribution in [3.63, 3.8) is 0 Å². The van der Waals surface area contributed by atoms with Crippen LogP contribution in [-0.2, 0) is 11.3 Å². The van der Waals surface area contributed by atoms with Crippen molar-refractivity contribution in [1.29, 1.82) is 0 Å². The lowest BCUT2D eigenvalue weighted by molar-refractivity contribution is -0.120. The molecule has 0 aliphatic rings. The quantitative estimate of drug-likeness (QED) is 0.816. The zero-order valence-electron chi connectivity index (χ0n) is 15.9. The number of nitrogens with one attached hydrogen (secondary N) is 2. The van der Waals surface area contributed by atoms with Gasteiger partial charge < -0.3 is 10.1 Å². The molecule has 0 aliphatic carbocycles. The molecule has 0 heterocycles. The van der Waals surface area contributed by atoms with Crippen LogP contribution >= 0.6 is 0 Å². The predicted octanol–water partition coefficient (Wildman–Crippen LogP) is 3.23. The van der Waals surface area contributed by atoms with E-state index in [9.17, 15) is 14.0 Å². The molecule has 2 aromatic carbocycles. The number of nitrogens with zero attached hydrogens (tertiary/aromatic N) is 1. The average Bonchev–Trinajstić information content (AvgIpc) is 2.58. The summed E-state index contributed by atoms with van der Waals surface area (Å²) in [6, 6.07) is 9.54. The van der Waals surface area contributed by atoms with E-state index in [0.29, 0.717) is 17.8 Å². The van der Waals surface area contributed by atoms with Gasteiger partial charge in [-0.25, -0.2) is 9.18 Å². The zero-order valence-corrected chi connectivity index (χ0v) is 15.9. The number of anilines is 1. The highest BCUT2D eigenvalue weighted by Crippen LogP contribution is 2.18. The Morgan fingerprint density at radius 1 is 1.11 bits per heavy atom. The summed E-state index contributed by atoms with van der Waals surface area (Å²) in [5, 5.41) is 4.92. The number of imide groups is 1. The fraction of sp³-hybridized carbons (Fsp3) is 0.300. The second-order valence-corrected chi connectivity index (χ2v) is 6.44. The molecule has 0 aliphatic heterocycles. The highest BCUT2D eigenvalue weighted by molar-refractivity contribution is 6.01. The molecule has 0 saturated carbocycles. The number of amides is 3. The Hall–Kier alpha value is -2.93. The number of carbonyl (C=O) groups is 2. The molecule has 3 amide bonds. The number of urea groups is 1. The first-order valence-corrected chi connectivity index (χ1v) is 8.47. The minimum atomic E-state index is -0.591. The monoisotopic (exact) mass is 373 g/mol. The molecule has 0 spiro atoms. The van der Waals surface area contributed by atoms with Crippen LogP contribution in [0.3, 0.4) is 0 Å². The number of likely N-dealkylation sites (N-methyl/N-ethyl adjacent to an activating group) is 1. The molecule has 2 rings (SSSR count). The summed E-state index contributed by atoms with van der Waals surface area (Å²) in [5.74, 6) is -0.740. The molecular weight excluding hydrogens is 349 g/mol. The van der Waals surface area contributed by atoms with Crippen molar-refractivity contribution in [1.82, 2.24) is 10.2 Å². The number of benzene rings is 2. The van der Waals surface area contributed by atoms with Crippen molar-refractivity contribution in [3.8, 4) is 5.75 Å². The first-order chi connectivity index (χ1) is 12.8. The normalized spacial score (nSPS) is 10.6. The molecule has 6 nitrogen and oxygen atoms in total. The largest absolute Gasteiger partial charge is 0.494 e. The standard InChI is InChI=1S/C20H24FN3O3/c1-13-5-7-16(9-14(13)2)22-20(26)23-19(25)12-24(3)11-15-6-8-18(27-4)17(21)10-15/h5-10H,11-12H2,1-4H3,(H2,22,23,25,26). The number of carbonyl (C=O) groups excluding carboxylic acids is 2. The van der Waals surface area contributed by atoms with E-state index >= 15 is 0 Å². The Bertz CT molecular complexity index is 839. The van der Waals surface area contributed by atoms with E-state index in [-0.39, 0.29) is 12.3 Å². The molecule has 0 atom stereocenters. The maximum Gasteiger partial charge on any atom is 0.325 e. The third-order valence-electron chi connectivity index (χ3n) is 4.10. The number of methoxy groups -OCH3 is 1. The second-order valence-electron chi connectivity index (χ2n) is 6.44. The smallest absolute Gasteiger partial charge is 0.325 e. The number of ether oxygens (including phenoxy) is 1. The number of aryl methyl sites for hydroxylation is 2. The summed E-state index contributed by atoms with van der Waals surface area (Å²) >= 11 is 0. The minimum absolute atomic E-state index is 0.00596. The fourth-order valence-electron chi connectivity index (χ4n) is 2.57. The van der Waals surface area contributed by atoms with E-state index in [1.807, 2.05) is 26.0 Å². The Morgan fingerprint density at radius 2 is 1.85 bits per heavy atom. The minimum Gasteiger partial charge on any atom is -0.494 e. The van der Waals surface area contributed by atoms with Crippen LogP contribution in [0, 0.1) is 19.7 Å². The summed E-state index contributed by atoms with van der Waals surface area (Å²) in [6.45, 7) is 4.27. The molecular formula is C20H24FN3O3. The van der Waals surface area contributed by atoms with Gasteiger partial charge in [0.1, 0.15) is 0 Å². The van der Waals surface area contributed by atoms with Crippen molar-refractivity contribution in [3.05, 3.63) is 58.9 Å². The molecule has 7 heteroatoms. The molecule has 0 fully saturated rings. The van der Waals surface area contributed by atoms with Crippen molar-refractivity contribution >= 4 is 17.6 Å². The van der Waals surface area contributed by atoms with Crippen LogP contribution < -0.4 is 15.4 Å². The molecule has 0 bridgehead atoms. The van der Waals surface area contributed by atoms with Crippen LogP contribution in [-0.4, -0.2) is 37.5 Å². The van der Waals surface area contributed by atoms with E-state index in [0.717, 1.165) is 11.1 Å². The van der Waals surface area contributed by atoms with Crippen LogP contribution in [0.15, 0.2) is 36.4 Å². The van der Waals surface area contributed by atoms with Gasteiger partial charge in [-0.3, -0.25) is 15.0 Å². The van der Waals surface area contributed by atoms with Crippen LogP contribution in [0.25, 0.3) is 0 Å². The Morgan fingerprint density at radius 3 is 2.48 bits per heavy atom. The molecule has 2 N–H and O–H groups in total. The summed E-state index contributed by atoms with van der Waals surface area (Å²) in [5.41, 5.74) is 3.48. The fourth-order valence-corrected chi connectivity index (χ4v) is 2.57. The van der Waals surface area contributed by atoms with Crippen LogP contribution in [0.1, 0.15) is 16.7 Å². The van der Waals surface area contributed by atoms with E-state index < -0.39 is 17.8 Å². The maximum atomic E-state index is 13.7. The van der Waals surface area contributed by atoms with Crippen LogP contribution in [0.4, 0.5) is 14.9 Å². The van der Waals surface area contributed by atoms with Gasteiger partial charge in [-0.1, -0.05) is 12.1 Å². The summed E-state index contributed by atoms with van der Waals surface area (Å²) in [6.07, 6.45) is 0. The second kappa shape index (κ2) is 9.14. The molecule has 0 aromatic heterocycles. The zero-order chi connectivity index (χ0) is 20.0. The highest BCUT2D eigenvalue weighted by Gasteiger charge is 2.12. The van der Waals surface area contributed by atoms with Crippen molar-refractivity contribution in [2.24, 2.45) is 0 Å².